The summed E-state index contributed by atoms with van der Waals surface area (Å²) in [6.07, 6.45) is 3.31. The van der Waals surface area contributed by atoms with Crippen LogP contribution in [0, 0.1) is 6.92 Å². The van der Waals surface area contributed by atoms with Gasteiger partial charge in [0.2, 0.25) is 0 Å². The molecule has 0 saturated carbocycles. The zero-order chi connectivity index (χ0) is 11.7. The maximum atomic E-state index is 4.67. The molecule has 17 heavy (non-hydrogen) atoms. The number of fused-ring (bicyclic) bond motifs is 1. The number of aryl methyl sites for hydroxylation is 2. The van der Waals surface area contributed by atoms with Gasteiger partial charge in [-0.25, -0.2) is 4.98 Å². The van der Waals surface area contributed by atoms with Crippen molar-refractivity contribution in [2.24, 2.45) is 0 Å². The molecule has 2 heterocycles. The number of nitrogens with one attached hydrogen (secondary N) is 1. The van der Waals surface area contributed by atoms with Crippen LogP contribution in [0.25, 0.3) is 0 Å². The molecule has 3 rings (SSSR count). The lowest BCUT2D eigenvalue weighted by atomic mass is 10.1. The average Bonchev–Trinajstić information content (AvgIpc) is 2.61. The molecule has 3 heteroatoms. The van der Waals surface area contributed by atoms with Gasteiger partial charge in [0.05, 0.1) is 11.7 Å². The summed E-state index contributed by atoms with van der Waals surface area (Å²) in [7, 11) is 0. The van der Waals surface area contributed by atoms with E-state index in [1.54, 1.807) is 0 Å². The molecule has 1 N–H and O–H groups in total. The second-order valence-electron chi connectivity index (χ2n) is 4.59. The van der Waals surface area contributed by atoms with Gasteiger partial charge >= 0.3 is 0 Å². The molecule has 88 valence electrons. The number of hydrogen-bond acceptors (Lipinski definition) is 2. The first-order valence-electron chi connectivity index (χ1n) is 6.16. The molecule has 2 aromatic rings. The molecule has 0 bridgehead atoms. The molecule has 0 unspecified atom stereocenters. The summed E-state index contributed by atoms with van der Waals surface area (Å²) < 4.78 is 2.28. The lowest BCUT2D eigenvalue weighted by molar-refractivity contribution is 0.599. The predicted molar refractivity (Wildman–Crippen MR) is 67.9 cm³/mol. The maximum Gasteiger partial charge on any atom is 0.130 e. The van der Waals surface area contributed by atoms with E-state index in [1.165, 1.54) is 5.56 Å². The summed E-state index contributed by atoms with van der Waals surface area (Å²) in [6.45, 7) is 4.16. The molecule has 1 atom stereocenters. The normalized spacial score (nSPS) is 19.7. The van der Waals surface area contributed by atoms with Gasteiger partial charge in [0.15, 0.2) is 0 Å². The first-order valence-corrected chi connectivity index (χ1v) is 6.16. The Morgan fingerprint density at radius 1 is 1.29 bits per heavy atom. The first-order chi connectivity index (χ1) is 8.34. The van der Waals surface area contributed by atoms with Crippen LogP contribution < -0.4 is 5.32 Å². The molecule has 3 nitrogen and oxygen atoms in total. The molecular formula is C14H17N3. The van der Waals surface area contributed by atoms with E-state index in [0.29, 0.717) is 0 Å². The zero-order valence-electron chi connectivity index (χ0n) is 10.1. The summed E-state index contributed by atoms with van der Waals surface area (Å²) in [6, 6.07) is 10.8. The Bertz CT molecular complexity index is 501. The Kier molecular flexibility index (Phi) is 2.69. The van der Waals surface area contributed by atoms with Gasteiger partial charge in [0.25, 0.3) is 0 Å². The fraction of sp³-hybridized carbons (Fsp3) is 0.357. The third kappa shape index (κ3) is 1.98. The van der Waals surface area contributed by atoms with Crippen LogP contribution in [-0.4, -0.2) is 16.1 Å². The third-order valence-corrected chi connectivity index (χ3v) is 3.24. The zero-order valence-corrected chi connectivity index (χ0v) is 10.1. The highest BCUT2D eigenvalue weighted by molar-refractivity contribution is 5.26. The van der Waals surface area contributed by atoms with Crippen molar-refractivity contribution in [1.82, 2.24) is 14.9 Å². The Morgan fingerprint density at radius 3 is 2.94 bits per heavy atom. The Labute approximate surface area is 101 Å². The van der Waals surface area contributed by atoms with Crippen molar-refractivity contribution in [3.05, 3.63) is 53.6 Å². The predicted octanol–water partition coefficient (Wildman–Crippen LogP) is 2.27. The molecular weight excluding hydrogens is 210 g/mol. The van der Waals surface area contributed by atoms with Crippen LogP contribution in [0.5, 0.6) is 0 Å². The number of imidazole rings is 1. The van der Waals surface area contributed by atoms with Crippen LogP contribution in [0.1, 0.15) is 29.5 Å². The summed E-state index contributed by atoms with van der Waals surface area (Å²) in [4.78, 5) is 4.67. The molecule has 1 aromatic carbocycles. The van der Waals surface area contributed by atoms with E-state index in [1.807, 2.05) is 0 Å². The standard InChI is InChI=1S/C14H17N3/c1-11-10-17-9-5-8-15-13(14(17)16-11)12-6-3-2-4-7-12/h2-4,6-7,10,13,15H,5,8-9H2,1H3/t13-/m0/s1. The maximum absolute atomic E-state index is 4.67. The minimum absolute atomic E-state index is 0.229. The SMILES string of the molecule is Cc1cn2c(n1)[C@H](c1ccccc1)NCCC2. The van der Waals surface area contributed by atoms with Crippen molar-refractivity contribution in [3.63, 3.8) is 0 Å². The highest BCUT2D eigenvalue weighted by atomic mass is 15.1. The van der Waals surface area contributed by atoms with Crippen LogP contribution in [-0.2, 0) is 6.54 Å². The summed E-state index contributed by atoms with van der Waals surface area (Å²) in [5.74, 6) is 1.14. The van der Waals surface area contributed by atoms with E-state index in [2.05, 4.69) is 58.3 Å². The quantitative estimate of drug-likeness (QED) is 0.810. The van der Waals surface area contributed by atoms with Crippen LogP contribution in [0.15, 0.2) is 36.5 Å². The van der Waals surface area contributed by atoms with E-state index in [0.717, 1.165) is 31.0 Å². The van der Waals surface area contributed by atoms with E-state index < -0.39 is 0 Å². The smallest absolute Gasteiger partial charge is 0.130 e. The molecule has 0 spiro atoms. The van der Waals surface area contributed by atoms with Gasteiger partial charge in [-0.15, -0.1) is 0 Å². The van der Waals surface area contributed by atoms with Crippen LogP contribution in [0.2, 0.25) is 0 Å². The monoisotopic (exact) mass is 227 g/mol. The molecule has 1 aliphatic heterocycles. The topological polar surface area (TPSA) is 29.9 Å². The number of rotatable bonds is 1. The summed E-state index contributed by atoms with van der Waals surface area (Å²) in [5.41, 5.74) is 2.39. The van der Waals surface area contributed by atoms with E-state index in [-0.39, 0.29) is 6.04 Å². The van der Waals surface area contributed by atoms with Crippen molar-refractivity contribution < 1.29 is 0 Å². The van der Waals surface area contributed by atoms with Gasteiger partial charge in [-0.3, -0.25) is 0 Å². The van der Waals surface area contributed by atoms with E-state index in [4.69, 9.17) is 0 Å². The van der Waals surface area contributed by atoms with Gasteiger partial charge in [-0.1, -0.05) is 30.3 Å². The van der Waals surface area contributed by atoms with Crippen molar-refractivity contribution >= 4 is 0 Å². The minimum atomic E-state index is 0.229. The second kappa shape index (κ2) is 4.34. The lowest BCUT2D eigenvalue weighted by Gasteiger charge is -2.16. The molecule has 0 aliphatic carbocycles. The first kappa shape index (κ1) is 10.5. The van der Waals surface area contributed by atoms with Crippen LogP contribution >= 0.6 is 0 Å². The van der Waals surface area contributed by atoms with Crippen molar-refractivity contribution in [1.29, 1.82) is 0 Å². The number of hydrogen-bond donors (Lipinski definition) is 1. The molecule has 1 aliphatic rings. The largest absolute Gasteiger partial charge is 0.333 e. The summed E-state index contributed by atoms with van der Waals surface area (Å²) in [5, 5.41) is 3.58. The Morgan fingerprint density at radius 2 is 2.12 bits per heavy atom. The van der Waals surface area contributed by atoms with Crippen LogP contribution in [0.3, 0.4) is 0 Å². The highest BCUT2D eigenvalue weighted by Crippen LogP contribution is 2.23. The molecule has 0 radical (unpaired) electrons. The minimum Gasteiger partial charge on any atom is -0.333 e. The fourth-order valence-corrected chi connectivity index (χ4v) is 2.47. The fourth-order valence-electron chi connectivity index (χ4n) is 2.47. The average molecular weight is 227 g/mol. The van der Waals surface area contributed by atoms with Crippen molar-refractivity contribution in [3.8, 4) is 0 Å². The molecule has 0 saturated heterocycles. The van der Waals surface area contributed by atoms with Crippen molar-refractivity contribution in [2.45, 2.75) is 25.9 Å². The Hall–Kier alpha value is -1.61. The highest BCUT2D eigenvalue weighted by Gasteiger charge is 2.21. The number of aromatic nitrogens is 2. The summed E-state index contributed by atoms with van der Waals surface area (Å²) >= 11 is 0. The Balaban J connectivity index is 2.05. The number of nitrogens with zero attached hydrogens (tertiary/aromatic N) is 2. The van der Waals surface area contributed by atoms with Crippen LogP contribution in [0.4, 0.5) is 0 Å². The van der Waals surface area contributed by atoms with Crippen molar-refractivity contribution in [2.75, 3.05) is 6.54 Å². The van der Waals surface area contributed by atoms with E-state index in [9.17, 15) is 0 Å². The van der Waals surface area contributed by atoms with E-state index >= 15 is 0 Å². The van der Waals surface area contributed by atoms with Gasteiger partial charge in [0, 0.05) is 12.7 Å². The van der Waals surface area contributed by atoms with Gasteiger partial charge < -0.3 is 9.88 Å². The second-order valence-corrected chi connectivity index (χ2v) is 4.59. The van der Waals surface area contributed by atoms with Gasteiger partial charge in [-0.05, 0) is 25.5 Å². The molecule has 0 amide bonds. The lowest BCUT2D eigenvalue weighted by Crippen LogP contribution is -2.23. The molecule has 1 aromatic heterocycles. The van der Waals surface area contributed by atoms with Gasteiger partial charge in [0.1, 0.15) is 5.82 Å². The number of benzene rings is 1. The third-order valence-electron chi connectivity index (χ3n) is 3.24. The van der Waals surface area contributed by atoms with Gasteiger partial charge in [-0.2, -0.15) is 0 Å². The molecule has 0 fully saturated rings.